The van der Waals surface area contributed by atoms with Crippen LogP contribution in [0.15, 0.2) is 48.1 Å². The van der Waals surface area contributed by atoms with Crippen LogP contribution in [-0.2, 0) is 0 Å². The van der Waals surface area contributed by atoms with Crippen LogP contribution in [0.3, 0.4) is 0 Å². The van der Waals surface area contributed by atoms with Gasteiger partial charge < -0.3 is 14.8 Å². The largest absolute Gasteiger partial charge is 0.378 e. The zero-order chi connectivity index (χ0) is 13.9. The van der Waals surface area contributed by atoms with Gasteiger partial charge in [0.1, 0.15) is 0 Å². The smallest absolute Gasteiger partial charge is 0.0544 e. The Hall–Kier alpha value is -1.68. The van der Waals surface area contributed by atoms with Gasteiger partial charge in [-0.2, -0.15) is 0 Å². The molecule has 0 saturated carbocycles. The molecule has 3 heterocycles. The van der Waals surface area contributed by atoms with Gasteiger partial charge in [-0.3, -0.25) is 0 Å². The van der Waals surface area contributed by atoms with E-state index in [0.717, 1.165) is 13.1 Å². The molecule has 0 aromatic heterocycles. The van der Waals surface area contributed by atoms with Crippen molar-refractivity contribution in [1.82, 2.24) is 19.8 Å². The van der Waals surface area contributed by atoms with E-state index in [1.54, 1.807) is 0 Å². The molecule has 108 valence electrons. The van der Waals surface area contributed by atoms with Crippen LogP contribution < -0.4 is 0 Å². The summed E-state index contributed by atoms with van der Waals surface area (Å²) in [6.45, 7) is 4.34. The minimum absolute atomic E-state index is 0.948. The summed E-state index contributed by atoms with van der Waals surface area (Å²) in [5.41, 5.74) is 2.58. The summed E-state index contributed by atoms with van der Waals surface area (Å²) >= 11 is 0. The molecule has 1 fully saturated rings. The van der Waals surface area contributed by atoms with Gasteiger partial charge in [-0.15, -0.1) is 0 Å². The molecule has 20 heavy (non-hydrogen) atoms. The van der Waals surface area contributed by atoms with Crippen LogP contribution in [-0.4, -0.2) is 60.1 Å². The molecule has 0 N–H and O–H groups in total. The summed E-state index contributed by atoms with van der Waals surface area (Å²) in [6.07, 6.45) is 16.0. The summed E-state index contributed by atoms with van der Waals surface area (Å²) in [6, 6.07) is 0. The summed E-state index contributed by atoms with van der Waals surface area (Å²) in [4.78, 5) is 4.44. The first-order valence-corrected chi connectivity index (χ1v) is 7.46. The van der Waals surface area contributed by atoms with Crippen molar-refractivity contribution >= 4 is 0 Å². The monoisotopic (exact) mass is 272 g/mol. The molecule has 3 aliphatic heterocycles. The molecule has 4 heteroatoms. The second kappa shape index (κ2) is 5.75. The summed E-state index contributed by atoms with van der Waals surface area (Å²) in [7, 11) is 4.17. The standard InChI is InChI=1S/C16H24N4/c1-17(2)15-5-11-18(12-6-15)16-7-13-20(14-8-16)19-9-3-4-10-19/h5-8,11,13H,3-4,9-10,12,14H2,1-2H3. The zero-order valence-corrected chi connectivity index (χ0v) is 12.5. The Morgan fingerprint density at radius 2 is 1.75 bits per heavy atom. The number of nitrogens with zero attached hydrogens (tertiary/aromatic N) is 4. The predicted octanol–water partition coefficient (Wildman–Crippen LogP) is 1.99. The van der Waals surface area contributed by atoms with E-state index in [4.69, 9.17) is 0 Å². The van der Waals surface area contributed by atoms with Crippen molar-refractivity contribution < 1.29 is 0 Å². The molecule has 3 aliphatic rings. The molecule has 0 atom stereocenters. The molecule has 0 aliphatic carbocycles. The highest BCUT2D eigenvalue weighted by Gasteiger charge is 2.19. The molecule has 0 unspecified atom stereocenters. The summed E-state index contributed by atoms with van der Waals surface area (Å²) in [5, 5.41) is 4.78. The normalized spacial score (nSPS) is 23.1. The minimum Gasteiger partial charge on any atom is -0.378 e. The van der Waals surface area contributed by atoms with Gasteiger partial charge in [-0.25, -0.2) is 5.01 Å². The fourth-order valence-corrected chi connectivity index (χ4v) is 2.87. The van der Waals surface area contributed by atoms with E-state index in [9.17, 15) is 0 Å². The molecule has 3 rings (SSSR count). The van der Waals surface area contributed by atoms with Crippen LogP contribution in [0.2, 0.25) is 0 Å². The van der Waals surface area contributed by atoms with Crippen molar-refractivity contribution in [3.05, 3.63) is 48.1 Å². The molecular formula is C16H24N4. The fraction of sp³-hybridized carbons (Fsp3) is 0.500. The van der Waals surface area contributed by atoms with E-state index in [2.05, 4.69) is 70.6 Å². The zero-order valence-electron chi connectivity index (χ0n) is 12.5. The summed E-state index contributed by atoms with van der Waals surface area (Å²) in [5.74, 6) is 0. The molecule has 0 radical (unpaired) electrons. The topological polar surface area (TPSA) is 13.0 Å². The quantitative estimate of drug-likeness (QED) is 0.779. The van der Waals surface area contributed by atoms with Gasteiger partial charge in [0.2, 0.25) is 0 Å². The van der Waals surface area contributed by atoms with Gasteiger partial charge in [0.05, 0.1) is 6.54 Å². The van der Waals surface area contributed by atoms with Crippen LogP contribution in [0.1, 0.15) is 12.8 Å². The van der Waals surface area contributed by atoms with Crippen molar-refractivity contribution in [2.24, 2.45) is 0 Å². The second-order valence-corrected chi connectivity index (χ2v) is 5.72. The lowest BCUT2D eigenvalue weighted by molar-refractivity contribution is 0.0588. The average Bonchev–Trinajstić information content (AvgIpc) is 3.02. The maximum Gasteiger partial charge on any atom is 0.0544 e. The third kappa shape index (κ3) is 2.75. The molecular weight excluding hydrogens is 248 g/mol. The lowest BCUT2D eigenvalue weighted by Crippen LogP contribution is -2.38. The third-order valence-corrected chi connectivity index (χ3v) is 4.12. The highest BCUT2D eigenvalue weighted by molar-refractivity contribution is 5.29. The minimum atomic E-state index is 0.948. The first-order chi connectivity index (χ1) is 9.74. The summed E-state index contributed by atoms with van der Waals surface area (Å²) < 4.78 is 0. The van der Waals surface area contributed by atoms with Gasteiger partial charge in [0.15, 0.2) is 0 Å². The van der Waals surface area contributed by atoms with Gasteiger partial charge in [-0.05, 0) is 37.1 Å². The van der Waals surface area contributed by atoms with E-state index in [-0.39, 0.29) is 0 Å². The van der Waals surface area contributed by atoms with E-state index < -0.39 is 0 Å². The SMILES string of the molecule is CN(C)C1=CCN(C2=CCN(N3CCCC3)C=C2)C=C1. The molecule has 4 nitrogen and oxygen atoms in total. The molecule has 0 spiro atoms. The fourth-order valence-electron chi connectivity index (χ4n) is 2.87. The van der Waals surface area contributed by atoms with Crippen molar-refractivity contribution in [2.45, 2.75) is 12.8 Å². The Balaban J connectivity index is 1.58. The van der Waals surface area contributed by atoms with E-state index in [0.29, 0.717) is 0 Å². The Morgan fingerprint density at radius 3 is 2.30 bits per heavy atom. The van der Waals surface area contributed by atoms with Gasteiger partial charge >= 0.3 is 0 Å². The third-order valence-electron chi connectivity index (χ3n) is 4.12. The molecule has 0 aromatic rings. The molecule has 1 saturated heterocycles. The Morgan fingerprint density at radius 1 is 0.950 bits per heavy atom. The Bertz CT molecular complexity index is 467. The molecule has 0 amide bonds. The number of allylic oxidation sites excluding steroid dienone is 2. The van der Waals surface area contributed by atoms with Crippen LogP contribution >= 0.6 is 0 Å². The van der Waals surface area contributed by atoms with E-state index in [1.165, 1.54) is 37.3 Å². The van der Waals surface area contributed by atoms with Gasteiger partial charge in [0.25, 0.3) is 0 Å². The van der Waals surface area contributed by atoms with Crippen LogP contribution in [0, 0.1) is 0 Å². The lowest BCUT2D eigenvalue weighted by Gasteiger charge is -2.34. The van der Waals surface area contributed by atoms with E-state index >= 15 is 0 Å². The lowest BCUT2D eigenvalue weighted by atomic mass is 10.2. The maximum absolute atomic E-state index is 2.44. The number of hydrazine groups is 1. The number of rotatable bonds is 3. The number of hydrogen-bond acceptors (Lipinski definition) is 4. The first kappa shape index (κ1) is 13.3. The predicted molar refractivity (Wildman–Crippen MR) is 82.4 cm³/mol. The Kier molecular flexibility index (Phi) is 3.83. The van der Waals surface area contributed by atoms with Crippen LogP contribution in [0.4, 0.5) is 0 Å². The van der Waals surface area contributed by atoms with Gasteiger partial charge in [0, 0.05) is 57.5 Å². The molecule has 0 aromatic carbocycles. The van der Waals surface area contributed by atoms with Gasteiger partial charge in [-0.1, -0.05) is 0 Å². The number of hydrogen-bond donors (Lipinski definition) is 0. The Labute approximate surface area is 121 Å². The van der Waals surface area contributed by atoms with Crippen molar-refractivity contribution in [3.8, 4) is 0 Å². The van der Waals surface area contributed by atoms with Crippen molar-refractivity contribution in [3.63, 3.8) is 0 Å². The second-order valence-electron chi connectivity index (χ2n) is 5.72. The van der Waals surface area contributed by atoms with Crippen LogP contribution in [0.5, 0.6) is 0 Å². The first-order valence-electron chi connectivity index (χ1n) is 7.46. The van der Waals surface area contributed by atoms with Crippen molar-refractivity contribution in [1.29, 1.82) is 0 Å². The van der Waals surface area contributed by atoms with Crippen LogP contribution in [0.25, 0.3) is 0 Å². The average molecular weight is 272 g/mol. The maximum atomic E-state index is 2.44. The van der Waals surface area contributed by atoms with E-state index in [1.807, 2.05) is 0 Å². The highest BCUT2D eigenvalue weighted by atomic mass is 15.6. The van der Waals surface area contributed by atoms with Crippen molar-refractivity contribution in [2.75, 3.05) is 40.3 Å². The molecule has 0 bridgehead atoms. The highest BCUT2D eigenvalue weighted by Crippen LogP contribution is 2.20. The number of likely N-dealkylation sites (N-methyl/N-ethyl adjacent to an activating group) is 1.